The van der Waals surface area contributed by atoms with Crippen LogP contribution >= 0.6 is 0 Å². The number of carbonyl (C=O) groups excluding carboxylic acids is 2. The Morgan fingerprint density at radius 1 is 1.09 bits per heavy atom. The van der Waals surface area contributed by atoms with Gasteiger partial charge in [-0.1, -0.05) is 18.0 Å². The first kappa shape index (κ1) is 22.4. The highest BCUT2D eigenvalue weighted by Crippen LogP contribution is 2.28. The second-order valence-corrected chi connectivity index (χ2v) is 8.91. The largest absolute Gasteiger partial charge is 0.365 e. The number of primary amides is 1. The minimum Gasteiger partial charge on any atom is -0.365 e. The van der Waals surface area contributed by atoms with E-state index in [0.29, 0.717) is 42.4 Å². The van der Waals surface area contributed by atoms with E-state index in [4.69, 9.17) is 10.3 Å². The van der Waals surface area contributed by atoms with Crippen LogP contribution in [0.5, 0.6) is 0 Å². The van der Waals surface area contributed by atoms with Gasteiger partial charge in [0.2, 0.25) is 0 Å². The topological polar surface area (TPSA) is 118 Å². The van der Waals surface area contributed by atoms with Crippen LogP contribution in [0.4, 0.5) is 0 Å². The highest BCUT2D eigenvalue weighted by atomic mass is 16.5. The number of hydrogen-bond donors (Lipinski definition) is 1. The number of carbonyl (C=O) groups is 2. The first-order valence-electron chi connectivity index (χ1n) is 11.5. The molecule has 4 heterocycles. The Balaban J connectivity index is 1.41. The van der Waals surface area contributed by atoms with Crippen molar-refractivity contribution < 1.29 is 14.1 Å². The Morgan fingerprint density at radius 3 is 2.41 bits per heavy atom. The molecule has 0 spiro atoms. The van der Waals surface area contributed by atoms with Crippen molar-refractivity contribution >= 4 is 11.8 Å². The molecule has 2 fully saturated rings. The smallest absolute Gasteiger partial charge is 0.276 e. The molecule has 2 N–H and O–H groups in total. The third-order valence-electron chi connectivity index (χ3n) is 6.68. The molecule has 0 saturated carbocycles. The summed E-state index contributed by atoms with van der Waals surface area (Å²) in [4.78, 5) is 37.8. The van der Waals surface area contributed by atoms with E-state index in [1.54, 1.807) is 6.92 Å². The van der Waals surface area contributed by atoms with Crippen LogP contribution < -0.4 is 5.73 Å². The molecule has 2 aliphatic heterocycles. The maximum atomic E-state index is 13.3. The molecule has 0 unspecified atom stereocenters. The molecule has 2 aromatic heterocycles. The second kappa shape index (κ2) is 9.77. The standard InChI is InChI=1S/C23H32N6O3/c1-15-18(21(24)30)13-25-22(26-15)17-7-11-29(12-8-17)23(31)20-19(16(2)32-27-20)14-28-9-5-3-4-6-10-28/h13,17H,3-12,14H2,1-2H3,(H2,24,30). The molecule has 9 heteroatoms. The van der Waals surface area contributed by atoms with E-state index in [1.165, 1.54) is 31.9 Å². The highest BCUT2D eigenvalue weighted by Gasteiger charge is 2.30. The van der Waals surface area contributed by atoms with Gasteiger partial charge in [0, 0.05) is 37.3 Å². The third kappa shape index (κ3) is 4.82. The summed E-state index contributed by atoms with van der Waals surface area (Å²) >= 11 is 0. The summed E-state index contributed by atoms with van der Waals surface area (Å²) < 4.78 is 5.43. The van der Waals surface area contributed by atoms with E-state index in [0.717, 1.165) is 37.3 Å². The fourth-order valence-electron chi connectivity index (χ4n) is 4.68. The predicted octanol–water partition coefficient (Wildman–Crippen LogP) is 2.58. The molecule has 4 rings (SSSR count). The molecule has 2 aliphatic rings. The molecule has 172 valence electrons. The first-order valence-corrected chi connectivity index (χ1v) is 11.5. The molecule has 0 bridgehead atoms. The zero-order valence-electron chi connectivity index (χ0n) is 19.0. The molecule has 32 heavy (non-hydrogen) atoms. The van der Waals surface area contributed by atoms with Gasteiger partial charge in [-0.05, 0) is 52.6 Å². The van der Waals surface area contributed by atoms with Gasteiger partial charge in [0.15, 0.2) is 5.69 Å². The average molecular weight is 441 g/mol. The lowest BCUT2D eigenvalue weighted by Crippen LogP contribution is -2.39. The third-order valence-corrected chi connectivity index (χ3v) is 6.68. The molecule has 0 aliphatic carbocycles. The van der Waals surface area contributed by atoms with Gasteiger partial charge in [-0.3, -0.25) is 14.5 Å². The van der Waals surface area contributed by atoms with Crippen LogP contribution in [0.2, 0.25) is 0 Å². The van der Waals surface area contributed by atoms with Gasteiger partial charge in [0.25, 0.3) is 11.8 Å². The Bertz CT molecular complexity index is 972. The average Bonchev–Trinajstić information content (AvgIpc) is 2.97. The number of aromatic nitrogens is 3. The minimum atomic E-state index is -0.520. The lowest BCUT2D eigenvalue weighted by molar-refractivity contribution is 0.0698. The second-order valence-electron chi connectivity index (χ2n) is 8.91. The minimum absolute atomic E-state index is 0.0636. The Morgan fingerprint density at radius 2 is 1.78 bits per heavy atom. The van der Waals surface area contributed by atoms with Crippen LogP contribution in [0.3, 0.4) is 0 Å². The molecular formula is C23H32N6O3. The van der Waals surface area contributed by atoms with Crippen molar-refractivity contribution in [2.24, 2.45) is 5.73 Å². The number of likely N-dealkylation sites (tertiary alicyclic amines) is 2. The fourth-order valence-corrected chi connectivity index (χ4v) is 4.68. The van der Waals surface area contributed by atoms with Crippen molar-refractivity contribution in [3.63, 3.8) is 0 Å². The summed E-state index contributed by atoms with van der Waals surface area (Å²) in [6.45, 7) is 7.69. The zero-order valence-corrected chi connectivity index (χ0v) is 19.0. The molecular weight excluding hydrogens is 408 g/mol. The van der Waals surface area contributed by atoms with Crippen LogP contribution in [0, 0.1) is 13.8 Å². The summed E-state index contributed by atoms with van der Waals surface area (Å²) in [5, 5.41) is 4.13. The first-order chi connectivity index (χ1) is 15.4. The summed E-state index contributed by atoms with van der Waals surface area (Å²) in [5.41, 5.74) is 7.66. The quantitative estimate of drug-likeness (QED) is 0.759. The lowest BCUT2D eigenvalue weighted by Gasteiger charge is -2.31. The molecule has 2 amide bonds. The van der Waals surface area contributed by atoms with Crippen LogP contribution in [-0.4, -0.2) is 62.9 Å². The zero-order chi connectivity index (χ0) is 22.7. The van der Waals surface area contributed by atoms with E-state index in [9.17, 15) is 9.59 Å². The molecule has 0 aromatic carbocycles. The molecule has 2 aromatic rings. The summed E-state index contributed by atoms with van der Waals surface area (Å²) in [6, 6.07) is 0. The van der Waals surface area contributed by atoms with Gasteiger partial charge >= 0.3 is 0 Å². The Kier molecular flexibility index (Phi) is 6.83. The number of hydrogen-bond acceptors (Lipinski definition) is 7. The van der Waals surface area contributed by atoms with Crippen molar-refractivity contribution in [3.8, 4) is 0 Å². The van der Waals surface area contributed by atoms with Gasteiger partial charge < -0.3 is 15.2 Å². The normalized spacial score (nSPS) is 18.5. The van der Waals surface area contributed by atoms with Crippen LogP contribution in [0.1, 0.15) is 88.1 Å². The molecule has 0 radical (unpaired) electrons. The van der Waals surface area contributed by atoms with Crippen LogP contribution in [0.15, 0.2) is 10.7 Å². The number of amides is 2. The molecule has 9 nitrogen and oxygen atoms in total. The fraction of sp³-hybridized carbons (Fsp3) is 0.609. The van der Waals surface area contributed by atoms with Crippen molar-refractivity contribution in [1.29, 1.82) is 0 Å². The lowest BCUT2D eigenvalue weighted by atomic mass is 9.95. The van der Waals surface area contributed by atoms with Crippen molar-refractivity contribution in [3.05, 3.63) is 40.3 Å². The van der Waals surface area contributed by atoms with Crippen LogP contribution in [0.25, 0.3) is 0 Å². The van der Waals surface area contributed by atoms with Gasteiger partial charge in [0.05, 0.1) is 11.3 Å². The molecule has 2 saturated heterocycles. The van der Waals surface area contributed by atoms with Gasteiger partial charge in [-0.15, -0.1) is 0 Å². The number of nitrogens with zero attached hydrogens (tertiary/aromatic N) is 5. The number of piperidine rings is 1. The highest BCUT2D eigenvalue weighted by molar-refractivity contribution is 5.94. The van der Waals surface area contributed by atoms with Gasteiger partial charge in [-0.25, -0.2) is 9.97 Å². The summed E-state index contributed by atoms with van der Waals surface area (Å²) in [5.74, 6) is 1.000. The number of aryl methyl sites for hydroxylation is 2. The van der Waals surface area contributed by atoms with E-state index in [1.807, 2.05) is 11.8 Å². The Labute approximate surface area is 188 Å². The number of rotatable bonds is 5. The van der Waals surface area contributed by atoms with E-state index in [2.05, 4.69) is 20.0 Å². The SMILES string of the molecule is Cc1nc(C2CCN(C(=O)c3noc(C)c3CN3CCCCCC3)CC2)ncc1C(N)=O. The maximum absolute atomic E-state index is 13.3. The van der Waals surface area contributed by atoms with Crippen molar-refractivity contribution in [1.82, 2.24) is 24.9 Å². The molecule has 0 atom stereocenters. The Hall–Kier alpha value is -2.81. The van der Waals surface area contributed by atoms with Gasteiger partial charge in [0.1, 0.15) is 11.6 Å². The van der Waals surface area contributed by atoms with Gasteiger partial charge in [-0.2, -0.15) is 0 Å². The predicted molar refractivity (Wildman–Crippen MR) is 118 cm³/mol. The van der Waals surface area contributed by atoms with Crippen molar-refractivity contribution in [2.75, 3.05) is 26.2 Å². The van der Waals surface area contributed by atoms with E-state index in [-0.39, 0.29) is 11.8 Å². The maximum Gasteiger partial charge on any atom is 0.276 e. The monoisotopic (exact) mass is 440 g/mol. The van der Waals surface area contributed by atoms with E-state index >= 15 is 0 Å². The van der Waals surface area contributed by atoms with Crippen LogP contribution in [-0.2, 0) is 6.54 Å². The van der Waals surface area contributed by atoms with E-state index < -0.39 is 5.91 Å². The summed E-state index contributed by atoms with van der Waals surface area (Å²) in [7, 11) is 0. The number of nitrogens with two attached hydrogens (primary N) is 1. The summed E-state index contributed by atoms with van der Waals surface area (Å²) in [6.07, 6.45) is 7.97. The van der Waals surface area contributed by atoms with Crippen molar-refractivity contribution in [2.45, 2.75) is 64.8 Å².